The first-order chi connectivity index (χ1) is 9.10. The number of nitrogens with one attached hydrogen (secondary N) is 1. The third kappa shape index (κ3) is 3.35. The van der Waals surface area contributed by atoms with Gasteiger partial charge in [0, 0.05) is 6.04 Å². The maximum absolute atomic E-state index is 13.2. The molecule has 2 aromatic carbocycles. The van der Waals surface area contributed by atoms with Gasteiger partial charge in [-0.25, -0.2) is 13.2 Å². The average Bonchev–Trinajstić information content (AvgIpc) is 2.39. The van der Waals surface area contributed by atoms with Crippen LogP contribution in [0.3, 0.4) is 0 Å². The van der Waals surface area contributed by atoms with Crippen molar-refractivity contribution in [3.8, 4) is 0 Å². The molecule has 0 aliphatic carbocycles. The van der Waals surface area contributed by atoms with E-state index in [9.17, 15) is 13.2 Å². The highest BCUT2D eigenvalue weighted by molar-refractivity contribution is 5.25. The van der Waals surface area contributed by atoms with Crippen LogP contribution in [0.5, 0.6) is 0 Å². The minimum absolute atomic E-state index is 0.197. The van der Waals surface area contributed by atoms with Crippen LogP contribution >= 0.6 is 0 Å². The van der Waals surface area contributed by atoms with Crippen molar-refractivity contribution in [3.63, 3.8) is 0 Å². The van der Waals surface area contributed by atoms with Gasteiger partial charge in [0.05, 0.1) is 0 Å². The lowest BCUT2D eigenvalue weighted by Gasteiger charge is -2.17. The van der Waals surface area contributed by atoms with Crippen LogP contribution in [0.25, 0.3) is 0 Å². The fourth-order valence-corrected chi connectivity index (χ4v) is 2.02. The molecule has 2 aromatic rings. The standard InChI is InChI=1S/C15H14F3N/c1-19-15(8-10-3-2-4-12(16)7-10)11-5-6-13(17)14(18)9-11/h2-7,9,15,19H,8H2,1H3. The Hall–Kier alpha value is -1.81. The summed E-state index contributed by atoms with van der Waals surface area (Å²) in [6.45, 7) is 0. The molecule has 0 saturated heterocycles. The molecule has 2 rings (SSSR count). The van der Waals surface area contributed by atoms with Crippen molar-refractivity contribution in [2.24, 2.45) is 0 Å². The van der Waals surface area contributed by atoms with E-state index in [1.54, 1.807) is 19.2 Å². The van der Waals surface area contributed by atoms with Gasteiger partial charge in [0.2, 0.25) is 0 Å². The van der Waals surface area contributed by atoms with Crippen LogP contribution in [-0.2, 0) is 6.42 Å². The van der Waals surface area contributed by atoms with Gasteiger partial charge in [0.25, 0.3) is 0 Å². The van der Waals surface area contributed by atoms with Crippen molar-refractivity contribution in [1.82, 2.24) is 5.32 Å². The summed E-state index contributed by atoms with van der Waals surface area (Å²) in [6, 6.07) is 9.82. The van der Waals surface area contributed by atoms with Gasteiger partial charge in [-0.2, -0.15) is 0 Å². The van der Waals surface area contributed by atoms with Crippen molar-refractivity contribution in [2.45, 2.75) is 12.5 Å². The summed E-state index contributed by atoms with van der Waals surface area (Å²) in [4.78, 5) is 0. The van der Waals surface area contributed by atoms with E-state index in [4.69, 9.17) is 0 Å². The van der Waals surface area contributed by atoms with Crippen LogP contribution in [0.2, 0.25) is 0 Å². The molecule has 0 fully saturated rings. The first kappa shape index (κ1) is 13.6. The normalized spacial score (nSPS) is 12.4. The molecule has 0 aromatic heterocycles. The van der Waals surface area contributed by atoms with E-state index in [1.165, 1.54) is 18.2 Å². The summed E-state index contributed by atoms with van der Waals surface area (Å²) < 4.78 is 39.2. The van der Waals surface area contributed by atoms with E-state index >= 15 is 0 Å². The summed E-state index contributed by atoms with van der Waals surface area (Å²) in [5.41, 5.74) is 1.43. The first-order valence-corrected chi connectivity index (χ1v) is 5.97. The highest BCUT2D eigenvalue weighted by Crippen LogP contribution is 2.20. The molecule has 1 unspecified atom stereocenters. The Balaban J connectivity index is 2.22. The monoisotopic (exact) mass is 265 g/mol. The van der Waals surface area contributed by atoms with E-state index in [1.807, 2.05) is 0 Å². The SMILES string of the molecule is CNC(Cc1cccc(F)c1)c1ccc(F)c(F)c1. The van der Waals surface area contributed by atoms with Crippen LogP contribution < -0.4 is 5.32 Å². The second-order valence-corrected chi connectivity index (χ2v) is 4.35. The Kier molecular flexibility index (Phi) is 4.22. The molecule has 1 N–H and O–H groups in total. The Morgan fingerprint density at radius 2 is 1.79 bits per heavy atom. The first-order valence-electron chi connectivity index (χ1n) is 5.97. The number of likely N-dealkylation sites (N-methyl/N-ethyl adjacent to an activating group) is 1. The van der Waals surface area contributed by atoms with Gasteiger partial charge in [0.1, 0.15) is 5.82 Å². The van der Waals surface area contributed by atoms with Gasteiger partial charge in [0.15, 0.2) is 11.6 Å². The lowest BCUT2D eigenvalue weighted by Crippen LogP contribution is -2.19. The van der Waals surface area contributed by atoms with Gasteiger partial charge in [-0.3, -0.25) is 0 Å². The van der Waals surface area contributed by atoms with Crippen LogP contribution in [0.4, 0.5) is 13.2 Å². The lowest BCUT2D eigenvalue weighted by molar-refractivity contribution is 0.501. The van der Waals surface area contributed by atoms with Crippen LogP contribution in [0.1, 0.15) is 17.2 Å². The largest absolute Gasteiger partial charge is 0.313 e. The van der Waals surface area contributed by atoms with Crippen molar-refractivity contribution < 1.29 is 13.2 Å². The Morgan fingerprint density at radius 1 is 1.00 bits per heavy atom. The van der Waals surface area contributed by atoms with E-state index in [-0.39, 0.29) is 11.9 Å². The maximum Gasteiger partial charge on any atom is 0.159 e. The van der Waals surface area contributed by atoms with Crippen molar-refractivity contribution >= 4 is 0 Å². The molecule has 1 atom stereocenters. The summed E-state index contributed by atoms with van der Waals surface area (Å²) in [5, 5.41) is 3.02. The van der Waals surface area contributed by atoms with Crippen molar-refractivity contribution in [1.29, 1.82) is 0 Å². The fraction of sp³-hybridized carbons (Fsp3) is 0.200. The number of hydrogen-bond acceptors (Lipinski definition) is 1. The predicted molar refractivity (Wildman–Crippen MR) is 68.3 cm³/mol. The number of rotatable bonds is 4. The molecule has 100 valence electrons. The maximum atomic E-state index is 13.2. The molecular weight excluding hydrogens is 251 g/mol. The van der Waals surface area contributed by atoms with Gasteiger partial charge >= 0.3 is 0 Å². The number of halogens is 3. The Morgan fingerprint density at radius 3 is 2.42 bits per heavy atom. The third-order valence-electron chi connectivity index (χ3n) is 3.02. The zero-order valence-corrected chi connectivity index (χ0v) is 10.5. The van der Waals surface area contributed by atoms with Gasteiger partial charge in [-0.1, -0.05) is 18.2 Å². The minimum Gasteiger partial charge on any atom is -0.313 e. The highest BCUT2D eigenvalue weighted by atomic mass is 19.2. The van der Waals surface area contributed by atoms with Gasteiger partial charge in [-0.15, -0.1) is 0 Å². The van der Waals surface area contributed by atoms with Crippen LogP contribution in [0, 0.1) is 17.5 Å². The number of hydrogen-bond donors (Lipinski definition) is 1. The summed E-state index contributed by atoms with van der Waals surface area (Å²) in [5.74, 6) is -2.06. The summed E-state index contributed by atoms with van der Waals surface area (Å²) in [7, 11) is 1.73. The molecular formula is C15H14F3N. The van der Waals surface area contributed by atoms with E-state index in [0.29, 0.717) is 12.0 Å². The van der Waals surface area contributed by atoms with Crippen LogP contribution in [-0.4, -0.2) is 7.05 Å². The van der Waals surface area contributed by atoms with Crippen molar-refractivity contribution in [2.75, 3.05) is 7.05 Å². The molecule has 4 heteroatoms. The van der Waals surface area contributed by atoms with Crippen molar-refractivity contribution in [3.05, 3.63) is 71.0 Å². The molecule has 0 amide bonds. The lowest BCUT2D eigenvalue weighted by atomic mass is 9.99. The third-order valence-corrected chi connectivity index (χ3v) is 3.02. The van der Waals surface area contributed by atoms with Gasteiger partial charge in [-0.05, 0) is 48.9 Å². The van der Waals surface area contributed by atoms with E-state index < -0.39 is 11.6 Å². The van der Waals surface area contributed by atoms with Crippen LogP contribution in [0.15, 0.2) is 42.5 Å². The second-order valence-electron chi connectivity index (χ2n) is 4.35. The zero-order chi connectivity index (χ0) is 13.8. The van der Waals surface area contributed by atoms with E-state index in [2.05, 4.69) is 5.32 Å². The molecule has 0 heterocycles. The second kappa shape index (κ2) is 5.89. The Bertz CT molecular complexity index is 569. The number of benzene rings is 2. The minimum atomic E-state index is -0.878. The smallest absolute Gasteiger partial charge is 0.159 e. The highest BCUT2D eigenvalue weighted by Gasteiger charge is 2.13. The zero-order valence-electron chi connectivity index (χ0n) is 10.5. The quantitative estimate of drug-likeness (QED) is 0.890. The predicted octanol–water partition coefficient (Wildman–Crippen LogP) is 3.61. The molecule has 1 nitrogen and oxygen atoms in total. The molecule has 0 bridgehead atoms. The average molecular weight is 265 g/mol. The summed E-state index contributed by atoms with van der Waals surface area (Å²) >= 11 is 0. The van der Waals surface area contributed by atoms with Gasteiger partial charge < -0.3 is 5.32 Å². The molecule has 19 heavy (non-hydrogen) atoms. The topological polar surface area (TPSA) is 12.0 Å². The molecule has 0 aliphatic rings. The molecule has 0 saturated carbocycles. The Labute approximate surface area is 110 Å². The summed E-state index contributed by atoms with van der Waals surface area (Å²) in [6.07, 6.45) is 0.499. The molecule has 0 radical (unpaired) electrons. The molecule has 0 aliphatic heterocycles. The van der Waals surface area contributed by atoms with E-state index in [0.717, 1.165) is 17.7 Å². The fourth-order valence-electron chi connectivity index (χ4n) is 2.02. The molecule has 0 spiro atoms.